The molecule has 1 rings (SSSR count). The van der Waals surface area contributed by atoms with E-state index >= 15 is 0 Å². The van der Waals surface area contributed by atoms with Crippen LogP contribution < -0.4 is 10.9 Å². The summed E-state index contributed by atoms with van der Waals surface area (Å²) in [4.78, 5) is 11.8. The number of rotatable bonds is 3. The Morgan fingerprint density at radius 1 is 1.25 bits per heavy atom. The van der Waals surface area contributed by atoms with Crippen molar-refractivity contribution >= 4 is 29.1 Å². The van der Waals surface area contributed by atoms with Crippen LogP contribution in [0.1, 0.15) is 19.4 Å². The Morgan fingerprint density at radius 3 is 2.38 bits per heavy atom. The molecule has 1 aromatic rings. The van der Waals surface area contributed by atoms with Gasteiger partial charge in [-0.15, -0.1) is 0 Å². The number of carbonyl (C=O) groups is 1. The highest BCUT2D eigenvalue weighted by molar-refractivity contribution is 6.42. The summed E-state index contributed by atoms with van der Waals surface area (Å²) in [6, 6.07) is 5.19. The lowest BCUT2D eigenvalue weighted by Crippen LogP contribution is -2.45. The molecule has 0 aliphatic rings. The molecule has 0 aliphatic heterocycles. The highest BCUT2D eigenvalue weighted by atomic mass is 35.5. The van der Waals surface area contributed by atoms with Crippen LogP contribution in [0.3, 0.4) is 0 Å². The van der Waals surface area contributed by atoms with Crippen molar-refractivity contribution in [3.8, 4) is 0 Å². The maximum atomic E-state index is 11.8. The zero-order valence-electron chi connectivity index (χ0n) is 9.40. The number of amides is 1. The molecule has 3 nitrogen and oxygen atoms in total. The SMILES string of the molecule is CNNC(=O)C(C)(C)c1ccc(Cl)c(Cl)c1. The van der Waals surface area contributed by atoms with Crippen molar-refractivity contribution < 1.29 is 4.79 Å². The molecule has 0 spiro atoms. The molecule has 0 radical (unpaired) electrons. The van der Waals surface area contributed by atoms with Crippen molar-refractivity contribution in [2.45, 2.75) is 19.3 Å². The van der Waals surface area contributed by atoms with E-state index in [1.807, 2.05) is 13.8 Å². The van der Waals surface area contributed by atoms with Gasteiger partial charge in [0.2, 0.25) is 5.91 Å². The summed E-state index contributed by atoms with van der Waals surface area (Å²) in [6.07, 6.45) is 0. The third kappa shape index (κ3) is 2.67. The first kappa shape index (κ1) is 13.3. The molecule has 1 aromatic carbocycles. The number of hydrogen-bond donors (Lipinski definition) is 2. The van der Waals surface area contributed by atoms with Gasteiger partial charge in [-0.1, -0.05) is 29.3 Å². The fourth-order valence-corrected chi connectivity index (χ4v) is 1.58. The molecule has 0 saturated carbocycles. The Morgan fingerprint density at radius 2 is 1.88 bits per heavy atom. The first-order valence-electron chi connectivity index (χ1n) is 4.82. The number of carbonyl (C=O) groups excluding carboxylic acids is 1. The van der Waals surface area contributed by atoms with E-state index in [9.17, 15) is 4.79 Å². The van der Waals surface area contributed by atoms with Gasteiger partial charge >= 0.3 is 0 Å². The van der Waals surface area contributed by atoms with Gasteiger partial charge in [0.05, 0.1) is 15.5 Å². The van der Waals surface area contributed by atoms with E-state index in [0.717, 1.165) is 5.56 Å². The van der Waals surface area contributed by atoms with Gasteiger partial charge in [-0.3, -0.25) is 10.2 Å². The van der Waals surface area contributed by atoms with Crippen molar-refractivity contribution in [1.82, 2.24) is 10.9 Å². The summed E-state index contributed by atoms with van der Waals surface area (Å²) in [5.41, 5.74) is 5.31. The molecule has 0 bridgehead atoms. The Bertz CT molecular complexity index is 405. The predicted molar refractivity (Wildman–Crippen MR) is 66.7 cm³/mol. The summed E-state index contributed by atoms with van der Waals surface area (Å²) in [7, 11) is 1.64. The Labute approximate surface area is 105 Å². The van der Waals surface area contributed by atoms with Gasteiger partial charge in [0.25, 0.3) is 0 Å². The molecule has 0 unspecified atom stereocenters. The van der Waals surface area contributed by atoms with Gasteiger partial charge in [0, 0.05) is 7.05 Å². The molecule has 0 aliphatic carbocycles. The standard InChI is InChI=1S/C11H14Cl2N2O/c1-11(2,10(16)15-14-3)7-4-5-8(12)9(13)6-7/h4-6,14H,1-3H3,(H,15,16). The molecular formula is C11H14Cl2N2O. The van der Waals surface area contributed by atoms with Crippen LogP contribution in [-0.4, -0.2) is 13.0 Å². The zero-order valence-corrected chi connectivity index (χ0v) is 10.9. The van der Waals surface area contributed by atoms with Crippen LogP contribution in [0.25, 0.3) is 0 Å². The topological polar surface area (TPSA) is 41.1 Å². The normalized spacial score (nSPS) is 11.3. The van der Waals surface area contributed by atoms with Gasteiger partial charge in [0.1, 0.15) is 0 Å². The van der Waals surface area contributed by atoms with E-state index in [4.69, 9.17) is 23.2 Å². The Kier molecular flexibility index (Phi) is 4.19. The van der Waals surface area contributed by atoms with E-state index in [0.29, 0.717) is 10.0 Å². The van der Waals surface area contributed by atoms with Crippen LogP contribution in [0.5, 0.6) is 0 Å². The van der Waals surface area contributed by atoms with Gasteiger partial charge in [-0.25, -0.2) is 5.43 Å². The number of nitrogens with one attached hydrogen (secondary N) is 2. The maximum Gasteiger partial charge on any atom is 0.244 e. The van der Waals surface area contributed by atoms with Crippen molar-refractivity contribution in [2.24, 2.45) is 0 Å². The van der Waals surface area contributed by atoms with Gasteiger partial charge < -0.3 is 0 Å². The quantitative estimate of drug-likeness (QED) is 0.821. The van der Waals surface area contributed by atoms with Crippen LogP contribution in [0.2, 0.25) is 10.0 Å². The number of benzene rings is 1. The third-order valence-corrected chi connectivity index (χ3v) is 3.19. The molecule has 0 fully saturated rings. The average Bonchev–Trinajstić information content (AvgIpc) is 2.22. The van der Waals surface area contributed by atoms with E-state index < -0.39 is 5.41 Å². The molecule has 2 N–H and O–H groups in total. The minimum atomic E-state index is -0.669. The molecule has 0 saturated heterocycles. The molecular weight excluding hydrogens is 247 g/mol. The third-order valence-electron chi connectivity index (χ3n) is 2.45. The molecule has 0 heterocycles. The zero-order chi connectivity index (χ0) is 12.3. The lowest BCUT2D eigenvalue weighted by Gasteiger charge is -2.24. The van der Waals surface area contributed by atoms with Crippen LogP contribution in [0.4, 0.5) is 0 Å². The Balaban J connectivity index is 3.06. The first-order valence-corrected chi connectivity index (χ1v) is 5.58. The van der Waals surface area contributed by atoms with Gasteiger partial charge in [0.15, 0.2) is 0 Å². The maximum absolute atomic E-state index is 11.8. The summed E-state index contributed by atoms with van der Waals surface area (Å²) in [5.74, 6) is -0.131. The van der Waals surface area contributed by atoms with Crippen molar-refractivity contribution in [3.05, 3.63) is 33.8 Å². The minimum Gasteiger partial charge on any atom is -0.291 e. The van der Waals surface area contributed by atoms with Crippen LogP contribution in [-0.2, 0) is 10.2 Å². The average molecular weight is 261 g/mol. The van der Waals surface area contributed by atoms with E-state index in [2.05, 4.69) is 10.9 Å². The van der Waals surface area contributed by atoms with Crippen molar-refractivity contribution in [2.75, 3.05) is 7.05 Å². The smallest absolute Gasteiger partial charge is 0.244 e. The highest BCUT2D eigenvalue weighted by Crippen LogP contribution is 2.29. The lowest BCUT2D eigenvalue weighted by atomic mass is 9.84. The molecule has 0 aromatic heterocycles. The van der Waals surface area contributed by atoms with Crippen molar-refractivity contribution in [1.29, 1.82) is 0 Å². The number of hydrogen-bond acceptors (Lipinski definition) is 2. The van der Waals surface area contributed by atoms with E-state index in [-0.39, 0.29) is 5.91 Å². The highest BCUT2D eigenvalue weighted by Gasteiger charge is 2.29. The second-order valence-corrected chi connectivity index (χ2v) is 4.77. The van der Waals surface area contributed by atoms with Crippen molar-refractivity contribution in [3.63, 3.8) is 0 Å². The summed E-state index contributed by atoms with van der Waals surface area (Å²) >= 11 is 11.7. The van der Waals surface area contributed by atoms with Gasteiger partial charge in [-0.05, 0) is 31.5 Å². The van der Waals surface area contributed by atoms with Crippen LogP contribution >= 0.6 is 23.2 Å². The summed E-state index contributed by atoms with van der Waals surface area (Å²) in [6.45, 7) is 3.64. The van der Waals surface area contributed by atoms with Crippen LogP contribution in [0.15, 0.2) is 18.2 Å². The minimum absolute atomic E-state index is 0.131. The van der Waals surface area contributed by atoms with E-state index in [1.54, 1.807) is 25.2 Å². The summed E-state index contributed by atoms with van der Waals surface area (Å²) < 4.78 is 0. The number of halogens is 2. The largest absolute Gasteiger partial charge is 0.291 e. The van der Waals surface area contributed by atoms with Crippen LogP contribution in [0, 0.1) is 0 Å². The number of hydrazine groups is 1. The second-order valence-electron chi connectivity index (χ2n) is 3.96. The lowest BCUT2D eigenvalue weighted by molar-refractivity contribution is -0.126. The van der Waals surface area contributed by atoms with Gasteiger partial charge in [-0.2, -0.15) is 0 Å². The predicted octanol–water partition coefficient (Wildman–Crippen LogP) is 2.52. The fraction of sp³-hybridized carbons (Fsp3) is 0.364. The Hall–Kier alpha value is -0.770. The molecule has 88 valence electrons. The van der Waals surface area contributed by atoms with E-state index in [1.165, 1.54) is 0 Å². The molecule has 0 atom stereocenters. The molecule has 1 amide bonds. The monoisotopic (exact) mass is 260 g/mol. The summed E-state index contributed by atoms with van der Waals surface area (Å²) in [5, 5.41) is 0.930. The molecule has 16 heavy (non-hydrogen) atoms. The first-order chi connectivity index (χ1) is 7.39. The molecule has 5 heteroatoms. The second kappa shape index (κ2) is 5.04. The fourth-order valence-electron chi connectivity index (χ4n) is 1.29.